The van der Waals surface area contributed by atoms with Gasteiger partial charge in [0.05, 0.1) is 35.2 Å². The van der Waals surface area contributed by atoms with Gasteiger partial charge in [-0.05, 0) is 6.07 Å². The minimum absolute atomic E-state index is 0.166. The van der Waals surface area contributed by atoms with Crippen LogP contribution in [0.3, 0.4) is 0 Å². The highest BCUT2D eigenvalue weighted by Gasteiger charge is 2.32. The first-order valence-corrected chi connectivity index (χ1v) is 6.05. The lowest BCUT2D eigenvalue weighted by Gasteiger charge is -2.10. The minimum atomic E-state index is -0.321. The molecule has 0 radical (unpaired) electrons. The van der Waals surface area contributed by atoms with Gasteiger partial charge in [0.15, 0.2) is 0 Å². The molecule has 1 aromatic carbocycles. The van der Waals surface area contributed by atoms with Crippen molar-refractivity contribution in [3.8, 4) is 5.75 Å². The van der Waals surface area contributed by atoms with Crippen LogP contribution in [-0.4, -0.2) is 19.7 Å². The first-order chi connectivity index (χ1) is 8.04. The molecule has 1 aliphatic rings. The van der Waals surface area contributed by atoms with Crippen molar-refractivity contribution in [1.29, 1.82) is 0 Å². The molecule has 3 nitrogen and oxygen atoms in total. The molecule has 2 rings (SSSR count). The fourth-order valence-electron chi connectivity index (χ4n) is 1.82. The molecule has 0 unspecified atom stereocenters. The van der Waals surface area contributed by atoms with Gasteiger partial charge < -0.3 is 9.47 Å². The molecule has 92 valence electrons. The van der Waals surface area contributed by atoms with Crippen LogP contribution in [0.1, 0.15) is 17.9 Å². The molecule has 0 bridgehead atoms. The molecule has 0 aromatic heterocycles. The Morgan fingerprint density at radius 2 is 2.18 bits per heavy atom. The summed E-state index contributed by atoms with van der Waals surface area (Å²) in [6.45, 7) is 0.351. The Labute approximate surface area is 114 Å². The summed E-state index contributed by atoms with van der Waals surface area (Å²) in [6, 6.07) is 1.53. The molecular formula is C11H9Cl3O3. The fraction of sp³-hybridized carbons (Fsp3) is 0.364. The van der Waals surface area contributed by atoms with E-state index in [9.17, 15) is 4.79 Å². The molecule has 1 aliphatic heterocycles. The first kappa shape index (κ1) is 12.8. The van der Waals surface area contributed by atoms with Gasteiger partial charge in [-0.1, -0.05) is 34.8 Å². The lowest BCUT2D eigenvalue weighted by atomic mass is 9.98. The summed E-state index contributed by atoms with van der Waals surface area (Å²) >= 11 is 18.1. The van der Waals surface area contributed by atoms with E-state index in [1.807, 2.05) is 0 Å². The van der Waals surface area contributed by atoms with Crippen molar-refractivity contribution >= 4 is 40.8 Å². The van der Waals surface area contributed by atoms with Gasteiger partial charge in [0, 0.05) is 11.5 Å². The Morgan fingerprint density at radius 1 is 1.47 bits per heavy atom. The van der Waals surface area contributed by atoms with Gasteiger partial charge in [-0.25, -0.2) is 0 Å². The van der Waals surface area contributed by atoms with Crippen LogP contribution in [-0.2, 0) is 9.53 Å². The molecular weight excluding hydrogens is 286 g/mol. The van der Waals surface area contributed by atoms with Crippen LogP contribution >= 0.6 is 34.8 Å². The monoisotopic (exact) mass is 294 g/mol. The average Bonchev–Trinajstić information content (AvgIpc) is 2.70. The quantitative estimate of drug-likeness (QED) is 0.616. The predicted octanol–water partition coefficient (Wildman–Crippen LogP) is 3.69. The lowest BCUT2D eigenvalue weighted by Crippen LogP contribution is -2.10. The van der Waals surface area contributed by atoms with E-state index in [2.05, 4.69) is 4.74 Å². The largest absolute Gasteiger partial charge is 0.491 e. The first-order valence-electron chi connectivity index (χ1n) is 4.91. The Morgan fingerprint density at radius 3 is 2.82 bits per heavy atom. The number of methoxy groups -OCH3 is 1. The van der Waals surface area contributed by atoms with Crippen LogP contribution in [0.4, 0.5) is 0 Å². The van der Waals surface area contributed by atoms with Gasteiger partial charge in [-0.3, -0.25) is 4.79 Å². The highest BCUT2D eigenvalue weighted by atomic mass is 35.5. The molecule has 0 N–H and O–H groups in total. The van der Waals surface area contributed by atoms with Crippen molar-refractivity contribution in [2.45, 2.75) is 12.3 Å². The Bertz CT molecular complexity index is 474. The van der Waals surface area contributed by atoms with Crippen LogP contribution < -0.4 is 4.74 Å². The van der Waals surface area contributed by atoms with Crippen molar-refractivity contribution < 1.29 is 14.3 Å². The molecule has 1 atom stereocenters. The Balaban J connectivity index is 2.39. The van der Waals surface area contributed by atoms with Crippen LogP contribution in [0.25, 0.3) is 0 Å². The Hall–Kier alpha value is -0.640. The summed E-state index contributed by atoms with van der Waals surface area (Å²) in [7, 11) is 1.34. The normalized spacial score (nSPS) is 17.5. The number of benzene rings is 1. The molecule has 0 saturated heterocycles. The van der Waals surface area contributed by atoms with E-state index in [-0.39, 0.29) is 18.3 Å². The van der Waals surface area contributed by atoms with E-state index in [0.717, 1.165) is 0 Å². The summed E-state index contributed by atoms with van der Waals surface area (Å²) < 4.78 is 10.1. The molecule has 0 spiro atoms. The van der Waals surface area contributed by atoms with E-state index in [0.29, 0.717) is 33.0 Å². The maximum absolute atomic E-state index is 11.3. The van der Waals surface area contributed by atoms with Crippen LogP contribution in [0.5, 0.6) is 5.75 Å². The molecule has 0 amide bonds. The second kappa shape index (κ2) is 4.92. The minimum Gasteiger partial charge on any atom is -0.491 e. The molecule has 0 aliphatic carbocycles. The van der Waals surface area contributed by atoms with Crippen molar-refractivity contribution in [3.63, 3.8) is 0 Å². The third kappa shape index (κ3) is 2.32. The van der Waals surface area contributed by atoms with E-state index >= 15 is 0 Å². The van der Waals surface area contributed by atoms with E-state index in [1.54, 1.807) is 0 Å². The number of carbonyl (C=O) groups is 1. The number of esters is 1. The Kier molecular flexibility index (Phi) is 3.71. The third-order valence-corrected chi connectivity index (χ3v) is 3.72. The zero-order chi connectivity index (χ0) is 12.6. The van der Waals surface area contributed by atoms with Crippen LogP contribution in [0.15, 0.2) is 6.07 Å². The van der Waals surface area contributed by atoms with Crippen LogP contribution in [0, 0.1) is 0 Å². The summed E-state index contributed by atoms with van der Waals surface area (Å²) in [5, 5.41) is 1.15. The van der Waals surface area contributed by atoms with Gasteiger partial charge in [0.25, 0.3) is 0 Å². The highest BCUT2D eigenvalue weighted by Crippen LogP contribution is 2.47. The lowest BCUT2D eigenvalue weighted by molar-refractivity contribution is -0.141. The van der Waals surface area contributed by atoms with Gasteiger partial charge >= 0.3 is 5.97 Å². The van der Waals surface area contributed by atoms with Crippen molar-refractivity contribution in [2.24, 2.45) is 0 Å². The van der Waals surface area contributed by atoms with Gasteiger partial charge in [-0.15, -0.1) is 0 Å². The summed E-state index contributed by atoms with van der Waals surface area (Å²) in [5.41, 5.74) is 0.689. The number of hydrogen-bond acceptors (Lipinski definition) is 3. The maximum Gasteiger partial charge on any atom is 0.306 e. The number of hydrogen-bond donors (Lipinski definition) is 0. The predicted molar refractivity (Wildman–Crippen MR) is 66.3 cm³/mol. The molecule has 0 saturated carbocycles. The summed E-state index contributed by atoms with van der Waals surface area (Å²) in [5.74, 6) is 0.0229. The zero-order valence-electron chi connectivity index (χ0n) is 8.93. The van der Waals surface area contributed by atoms with Gasteiger partial charge in [-0.2, -0.15) is 0 Å². The number of ether oxygens (including phenoxy) is 2. The summed E-state index contributed by atoms with van der Waals surface area (Å²) in [6.07, 6.45) is 0.194. The zero-order valence-corrected chi connectivity index (χ0v) is 11.2. The standard InChI is InChI=1S/C11H9Cl3O3/c1-16-8(15)2-5-4-17-11-7(13)3-6(12)10(14)9(5)11/h3,5H,2,4H2,1H3/t5-/m0/s1. The molecule has 6 heteroatoms. The van der Waals surface area contributed by atoms with Crippen molar-refractivity contribution in [3.05, 3.63) is 26.7 Å². The molecule has 1 aromatic rings. The molecule has 1 heterocycles. The van der Waals surface area contributed by atoms with Crippen molar-refractivity contribution in [2.75, 3.05) is 13.7 Å². The average molecular weight is 296 g/mol. The van der Waals surface area contributed by atoms with Gasteiger partial charge in [0.2, 0.25) is 0 Å². The smallest absolute Gasteiger partial charge is 0.306 e. The summed E-state index contributed by atoms with van der Waals surface area (Å²) in [4.78, 5) is 11.3. The van der Waals surface area contributed by atoms with E-state index < -0.39 is 0 Å². The SMILES string of the molecule is COC(=O)C[C@H]1COc2c(Cl)cc(Cl)c(Cl)c21. The number of halogens is 3. The second-order valence-electron chi connectivity index (χ2n) is 3.69. The number of rotatable bonds is 2. The molecule has 0 fully saturated rings. The highest BCUT2D eigenvalue weighted by molar-refractivity contribution is 6.44. The topological polar surface area (TPSA) is 35.5 Å². The van der Waals surface area contributed by atoms with E-state index in [4.69, 9.17) is 39.5 Å². The maximum atomic E-state index is 11.3. The fourth-order valence-corrected chi connectivity index (χ4v) is 2.65. The number of fused-ring (bicyclic) bond motifs is 1. The van der Waals surface area contributed by atoms with E-state index in [1.165, 1.54) is 13.2 Å². The third-order valence-electron chi connectivity index (χ3n) is 2.64. The van der Waals surface area contributed by atoms with Gasteiger partial charge in [0.1, 0.15) is 5.75 Å². The van der Waals surface area contributed by atoms with Crippen molar-refractivity contribution in [1.82, 2.24) is 0 Å². The van der Waals surface area contributed by atoms with Crippen LogP contribution in [0.2, 0.25) is 15.1 Å². The molecule has 17 heavy (non-hydrogen) atoms. The second-order valence-corrected chi connectivity index (χ2v) is 4.88. The number of carbonyl (C=O) groups excluding carboxylic acids is 1.